The zero-order valence-corrected chi connectivity index (χ0v) is 25.7. The summed E-state index contributed by atoms with van der Waals surface area (Å²) in [5.74, 6) is 0. The third kappa shape index (κ3) is 6.21. The molecule has 0 amide bonds. The van der Waals surface area contributed by atoms with Crippen LogP contribution in [0, 0.1) is 0 Å². The standard InChI is InChI=1S/C29H27N.4C2H6/c1-3-30(4-2)24-19-20-28-26(21-24)25-17-11-12-18-27(25)29(28,22-13-7-5-8-14-22)23-15-9-6-10-16-23;4*1-2/h5-21H,3-4H2,1-2H3;4*1-2H3. The van der Waals surface area contributed by atoms with Gasteiger partial charge < -0.3 is 4.90 Å². The fraction of sp³-hybridized carbons (Fsp3) is 0.351. The second kappa shape index (κ2) is 17.2. The Labute approximate surface area is 234 Å². The lowest BCUT2D eigenvalue weighted by molar-refractivity contribution is 0.768. The van der Waals surface area contributed by atoms with Gasteiger partial charge in [0.2, 0.25) is 0 Å². The molecule has 0 aromatic heterocycles. The molecular formula is C37H51N. The van der Waals surface area contributed by atoms with Crippen molar-refractivity contribution < 1.29 is 0 Å². The van der Waals surface area contributed by atoms with E-state index in [0.717, 1.165) is 13.1 Å². The summed E-state index contributed by atoms with van der Waals surface area (Å²) in [6.45, 7) is 22.5. The average Bonchev–Trinajstić information content (AvgIpc) is 3.33. The van der Waals surface area contributed by atoms with E-state index in [0.29, 0.717) is 0 Å². The first kappa shape index (κ1) is 32.7. The molecule has 38 heavy (non-hydrogen) atoms. The molecule has 0 unspecified atom stereocenters. The molecule has 1 aliphatic carbocycles. The maximum atomic E-state index is 2.42. The second-order valence-corrected chi connectivity index (χ2v) is 7.93. The molecule has 1 nitrogen and oxygen atoms in total. The van der Waals surface area contributed by atoms with Crippen LogP contribution in [0.4, 0.5) is 5.69 Å². The minimum absolute atomic E-state index is 0.295. The predicted octanol–water partition coefficient (Wildman–Crippen LogP) is 11.0. The molecule has 0 radical (unpaired) electrons. The van der Waals surface area contributed by atoms with Crippen LogP contribution in [0.1, 0.15) is 91.5 Å². The first-order valence-electron chi connectivity index (χ1n) is 14.9. The highest BCUT2D eigenvalue weighted by Crippen LogP contribution is 2.56. The van der Waals surface area contributed by atoms with Crippen molar-refractivity contribution in [3.05, 3.63) is 125 Å². The third-order valence-electron chi connectivity index (χ3n) is 6.57. The molecule has 0 fully saturated rings. The third-order valence-corrected chi connectivity index (χ3v) is 6.57. The SMILES string of the molecule is CC.CC.CC.CC.CCN(CC)c1ccc2c(c1)-c1ccccc1C2(c1ccccc1)c1ccccc1. The van der Waals surface area contributed by atoms with Gasteiger partial charge in [-0.2, -0.15) is 0 Å². The van der Waals surface area contributed by atoms with Gasteiger partial charge in [0.15, 0.2) is 0 Å². The van der Waals surface area contributed by atoms with E-state index < -0.39 is 0 Å². The number of hydrogen-bond donors (Lipinski definition) is 0. The Balaban J connectivity index is 0.000000829. The van der Waals surface area contributed by atoms with Gasteiger partial charge in [-0.1, -0.05) is 146 Å². The van der Waals surface area contributed by atoms with Crippen molar-refractivity contribution in [3.63, 3.8) is 0 Å². The van der Waals surface area contributed by atoms with E-state index in [1.807, 2.05) is 55.4 Å². The number of anilines is 1. The molecule has 1 heteroatoms. The van der Waals surface area contributed by atoms with Crippen molar-refractivity contribution in [2.75, 3.05) is 18.0 Å². The Hall–Kier alpha value is -3.32. The first-order valence-corrected chi connectivity index (χ1v) is 14.9. The summed E-state index contributed by atoms with van der Waals surface area (Å²) < 4.78 is 0. The highest BCUT2D eigenvalue weighted by atomic mass is 15.1. The molecule has 0 aliphatic heterocycles. The first-order chi connectivity index (χ1) is 18.8. The van der Waals surface area contributed by atoms with Gasteiger partial charge in [-0.15, -0.1) is 0 Å². The molecule has 4 aromatic carbocycles. The summed E-state index contributed by atoms with van der Waals surface area (Å²) >= 11 is 0. The van der Waals surface area contributed by atoms with Crippen molar-refractivity contribution in [2.24, 2.45) is 0 Å². The van der Waals surface area contributed by atoms with Gasteiger partial charge >= 0.3 is 0 Å². The van der Waals surface area contributed by atoms with Crippen LogP contribution in [0.3, 0.4) is 0 Å². The summed E-state index contributed by atoms with van der Waals surface area (Å²) in [6.07, 6.45) is 0. The van der Waals surface area contributed by atoms with Gasteiger partial charge in [-0.05, 0) is 59.4 Å². The normalized spacial score (nSPS) is 11.3. The fourth-order valence-corrected chi connectivity index (χ4v) is 5.22. The van der Waals surface area contributed by atoms with E-state index in [9.17, 15) is 0 Å². The van der Waals surface area contributed by atoms with E-state index in [2.05, 4.69) is 122 Å². The van der Waals surface area contributed by atoms with Crippen LogP contribution in [-0.2, 0) is 5.41 Å². The number of nitrogens with zero attached hydrogens (tertiary/aromatic N) is 1. The highest BCUT2D eigenvalue weighted by Gasteiger charge is 2.45. The van der Waals surface area contributed by atoms with Crippen LogP contribution in [0.5, 0.6) is 0 Å². The maximum absolute atomic E-state index is 2.42. The molecule has 0 heterocycles. The number of fused-ring (bicyclic) bond motifs is 3. The molecule has 1 aliphatic rings. The van der Waals surface area contributed by atoms with E-state index in [1.165, 1.54) is 39.1 Å². The average molecular weight is 510 g/mol. The molecule has 0 spiro atoms. The molecule has 4 aromatic rings. The molecule has 0 saturated heterocycles. The van der Waals surface area contributed by atoms with E-state index in [1.54, 1.807) is 0 Å². The molecule has 5 rings (SSSR count). The zero-order valence-electron chi connectivity index (χ0n) is 25.7. The minimum atomic E-state index is -0.295. The van der Waals surface area contributed by atoms with E-state index in [-0.39, 0.29) is 5.41 Å². The highest BCUT2D eigenvalue weighted by molar-refractivity contribution is 5.88. The smallest absolute Gasteiger partial charge is 0.0713 e. The van der Waals surface area contributed by atoms with Crippen molar-refractivity contribution in [2.45, 2.75) is 74.7 Å². The van der Waals surface area contributed by atoms with Gasteiger partial charge in [0, 0.05) is 18.8 Å². The zero-order chi connectivity index (χ0) is 28.6. The molecular weight excluding hydrogens is 458 g/mol. The lowest BCUT2D eigenvalue weighted by Gasteiger charge is -2.34. The van der Waals surface area contributed by atoms with Crippen LogP contribution in [0.15, 0.2) is 103 Å². The molecule has 0 N–H and O–H groups in total. The van der Waals surface area contributed by atoms with E-state index >= 15 is 0 Å². The predicted molar refractivity (Wildman–Crippen MR) is 173 cm³/mol. The topological polar surface area (TPSA) is 3.24 Å². The van der Waals surface area contributed by atoms with Crippen molar-refractivity contribution in [1.82, 2.24) is 0 Å². The Morgan fingerprint density at radius 3 is 1.37 bits per heavy atom. The summed E-state index contributed by atoms with van der Waals surface area (Å²) in [5, 5.41) is 0. The van der Waals surface area contributed by atoms with Gasteiger partial charge in [0.25, 0.3) is 0 Å². The van der Waals surface area contributed by atoms with Crippen molar-refractivity contribution >= 4 is 5.69 Å². The number of hydrogen-bond acceptors (Lipinski definition) is 1. The monoisotopic (exact) mass is 509 g/mol. The Morgan fingerprint density at radius 1 is 0.474 bits per heavy atom. The van der Waals surface area contributed by atoms with Crippen LogP contribution in [-0.4, -0.2) is 13.1 Å². The van der Waals surface area contributed by atoms with Gasteiger partial charge in [0.1, 0.15) is 0 Å². The minimum Gasteiger partial charge on any atom is -0.372 e. The number of benzene rings is 4. The largest absolute Gasteiger partial charge is 0.372 e. The summed E-state index contributed by atoms with van der Waals surface area (Å²) in [4.78, 5) is 2.42. The Kier molecular flexibility index (Phi) is 14.8. The van der Waals surface area contributed by atoms with Gasteiger partial charge in [-0.3, -0.25) is 0 Å². The van der Waals surface area contributed by atoms with Crippen LogP contribution in [0.2, 0.25) is 0 Å². The van der Waals surface area contributed by atoms with E-state index in [4.69, 9.17) is 0 Å². The lowest BCUT2D eigenvalue weighted by Crippen LogP contribution is -2.28. The number of rotatable bonds is 5. The van der Waals surface area contributed by atoms with Crippen molar-refractivity contribution in [3.8, 4) is 11.1 Å². The quantitative estimate of drug-likeness (QED) is 0.228. The second-order valence-electron chi connectivity index (χ2n) is 7.93. The van der Waals surface area contributed by atoms with Gasteiger partial charge in [-0.25, -0.2) is 0 Å². The summed E-state index contributed by atoms with van der Waals surface area (Å²) in [7, 11) is 0. The Bertz CT molecular complexity index is 1120. The van der Waals surface area contributed by atoms with Crippen molar-refractivity contribution in [1.29, 1.82) is 0 Å². The lowest BCUT2D eigenvalue weighted by atomic mass is 9.68. The molecule has 204 valence electrons. The maximum Gasteiger partial charge on any atom is 0.0713 e. The fourth-order valence-electron chi connectivity index (χ4n) is 5.22. The molecule has 0 bridgehead atoms. The molecule has 0 saturated carbocycles. The molecule has 0 atom stereocenters. The van der Waals surface area contributed by atoms with Crippen LogP contribution < -0.4 is 4.90 Å². The summed E-state index contributed by atoms with van der Waals surface area (Å²) in [5.41, 5.74) is 9.07. The van der Waals surface area contributed by atoms with Crippen LogP contribution in [0.25, 0.3) is 11.1 Å². The Morgan fingerprint density at radius 2 is 0.895 bits per heavy atom. The van der Waals surface area contributed by atoms with Gasteiger partial charge in [0.05, 0.1) is 5.41 Å². The van der Waals surface area contributed by atoms with Crippen LogP contribution >= 0.6 is 0 Å². The summed E-state index contributed by atoms with van der Waals surface area (Å²) in [6, 6.07) is 37.9.